The number of carbonyl (C=O) groups is 1. The van der Waals surface area contributed by atoms with E-state index in [1.807, 2.05) is 12.1 Å². The summed E-state index contributed by atoms with van der Waals surface area (Å²) in [7, 11) is 0. The first kappa shape index (κ1) is 11.9. The van der Waals surface area contributed by atoms with Crippen LogP contribution in [0.3, 0.4) is 0 Å². The van der Waals surface area contributed by atoms with Crippen LogP contribution in [0.2, 0.25) is 0 Å². The number of ketones is 1. The van der Waals surface area contributed by atoms with Crippen molar-refractivity contribution in [3.05, 3.63) is 47.7 Å². The van der Waals surface area contributed by atoms with Crippen molar-refractivity contribution in [3.63, 3.8) is 0 Å². The van der Waals surface area contributed by atoms with Gasteiger partial charge in [-0.15, -0.1) is 0 Å². The summed E-state index contributed by atoms with van der Waals surface area (Å²) in [5.74, 6) is 0.484. The molecule has 0 amide bonds. The van der Waals surface area contributed by atoms with Crippen LogP contribution >= 0.6 is 0 Å². The summed E-state index contributed by atoms with van der Waals surface area (Å²) in [6.07, 6.45) is 6.33. The lowest BCUT2D eigenvalue weighted by molar-refractivity contribution is 0.0872. The first-order valence-electron chi connectivity index (χ1n) is 7.34. The number of aromatic nitrogens is 1. The summed E-state index contributed by atoms with van der Waals surface area (Å²) in [6, 6.07) is 8.14. The normalized spacial score (nSPS) is 22.6. The topological polar surface area (TPSA) is 36.1 Å². The quantitative estimate of drug-likeness (QED) is 0.848. The maximum atomic E-state index is 12.8. The van der Waals surface area contributed by atoms with E-state index in [2.05, 4.69) is 34.2 Å². The third kappa shape index (κ3) is 1.81. The number of carbonyl (C=O) groups excluding carboxylic acids is 1. The SMILES string of the molecule is O=C1c2c([nH]c3ccccc23)CC[C@H]1CN1CC=CC1. The molecule has 1 aromatic heterocycles. The van der Waals surface area contributed by atoms with E-state index in [0.29, 0.717) is 5.78 Å². The molecule has 1 atom stereocenters. The summed E-state index contributed by atoms with van der Waals surface area (Å²) in [5.41, 5.74) is 3.17. The number of aromatic amines is 1. The van der Waals surface area contributed by atoms with Crippen LogP contribution in [-0.2, 0) is 6.42 Å². The van der Waals surface area contributed by atoms with Gasteiger partial charge in [0, 0.05) is 47.7 Å². The monoisotopic (exact) mass is 266 g/mol. The predicted molar refractivity (Wildman–Crippen MR) is 80.0 cm³/mol. The van der Waals surface area contributed by atoms with Crippen LogP contribution in [0.1, 0.15) is 22.5 Å². The molecule has 2 aromatic rings. The van der Waals surface area contributed by atoms with Crippen LogP contribution in [0, 0.1) is 5.92 Å². The van der Waals surface area contributed by atoms with Crippen LogP contribution in [0.5, 0.6) is 0 Å². The number of Topliss-reactive ketones (excluding diaryl/α,β-unsaturated/α-hetero) is 1. The highest BCUT2D eigenvalue weighted by atomic mass is 16.1. The molecule has 1 aromatic carbocycles. The Morgan fingerprint density at radius 1 is 1.20 bits per heavy atom. The average Bonchev–Trinajstić information content (AvgIpc) is 3.09. The smallest absolute Gasteiger partial charge is 0.169 e. The molecule has 0 unspecified atom stereocenters. The van der Waals surface area contributed by atoms with E-state index in [1.165, 1.54) is 0 Å². The highest BCUT2D eigenvalue weighted by Gasteiger charge is 2.31. The van der Waals surface area contributed by atoms with Crippen molar-refractivity contribution in [1.82, 2.24) is 9.88 Å². The number of nitrogens with one attached hydrogen (secondary N) is 1. The van der Waals surface area contributed by atoms with E-state index < -0.39 is 0 Å². The van der Waals surface area contributed by atoms with E-state index in [-0.39, 0.29) is 5.92 Å². The van der Waals surface area contributed by atoms with Crippen molar-refractivity contribution < 1.29 is 4.79 Å². The number of nitrogens with zero attached hydrogens (tertiary/aromatic N) is 1. The molecule has 1 aliphatic heterocycles. The highest BCUT2D eigenvalue weighted by molar-refractivity contribution is 6.11. The Labute approximate surface area is 118 Å². The third-order valence-corrected chi connectivity index (χ3v) is 4.52. The van der Waals surface area contributed by atoms with Gasteiger partial charge in [-0.05, 0) is 18.9 Å². The zero-order chi connectivity index (χ0) is 13.5. The number of fused-ring (bicyclic) bond motifs is 3. The number of hydrogen-bond acceptors (Lipinski definition) is 2. The van der Waals surface area contributed by atoms with Crippen molar-refractivity contribution in [2.45, 2.75) is 12.8 Å². The van der Waals surface area contributed by atoms with Gasteiger partial charge in [0.2, 0.25) is 0 Å². The minimum absolute atomic E-state index is 0.154. The molecule has 2 heterocycles. The van der Waals surface area contributed by atoms with Gasteiger partial charge >= 0.3 is 0 Å². The molecule has 102 valence electrons. The number of aryl methyl sites for hydroxylation is 1. The summed E-state index contributed by atoms with van der Waals surface area (Å²) >= 11 is 0. The number of rotatable bonds is 2. The molecule has 20 heavy (non-hydrogen) atoms. The maximum absolute atomic E-state index is 12.8. The minimum Gasteiger partial charge on any atom is -0.358 e. The average molecular weight is 266 g/mol. The third-order valence-electron chi connectivity index (χ3n) is 4.52. The Morgan fingerprint density at radius 2 is 2.00 bits per heavy atom. The van der Waals surface area contributed by atoms with Crippen molar-refractivity contribution in [1.29, 1.82) is 0 Å². The molecule has 4 rings (SSSR count). The molecule has 2 aliphatic rings. The second kappa shape index (κ2) is 4.60. The second-order valence-corrected chi connectivity index (χ2v) is 5.81. The Bertz CT molecular complexity index is 690. The van der Waals surface area contributed by atoms with E-state index >= 15 is 0 Å². The summed E-state index contributed by atoms with van der Waals surface area (Å²) in [4.78, 5) is 18.6. The molecule has 0 bridgehead atoms. The first-order valence-corrected chi connectivity index (χ1v) is 7.34. The number of hydrogen-bond donors (Lipinski definition) is 1. The molecule has 3 nitrogen and oxygen atoms in total. The fourth-order valence-corrected chi connectivity index (χ4v) is 3.48. The van der Waals surface area contributed by atoms with Crippen molar-refractivity contribution in [2.24, 2.45) is 5.92 Å². The fraction of sp³-hybridized carbons (Fsp3) is 0.353. The van der Waals surface area contributed by atoms with Gasteiger partial charge in [-0.25, -0.2) is 0 Å². The molecule has 1 N–H and O–H groups in total. The predicted octanol–water partition coefficient (Wildman–Crippen LogP) is 2.78. The summed E-state index contributed by atoms with van der Waals surface area (Å²) in [5, 5.41) is 1.09. The summed E-state index contributed by atoms with van der Waals surface area (Å²) in [6.45, 7) is 2.87. The zero-order valence-electron chi connectivity index (χ0n) is 11.4. The molecule has 0 radical (unpaired) electrons. The van der Waals surface area contributed by atoms with Crippen molar-refractivity contribution in [3.8, 4) is 0 Å². The molecule has 0 saturated carbocycles. The number of benzene rings is 1. The molecule has 1 aliphatic carbocycles. The standard InChI is InChI=1S/C17H18N2O/c20-17-12(11-19-9-3-4-10-19)7-8-15-16(17)13-5-1-2-6-14(13)18-15/h1-6,12,18H,7-11H2/t12-/m0/s1. The lowest BCUT2D eigenvalue weighted by atomic mass is 9.85. The van der Waals surface area contributed by atoms with E-state index in [1.54, 1.807) is 0 Å². The lowest BCUT2D eigenvalue weighted by Gasteiger charge is -2.25. The van der Waals surface area contributed by atoms with E-state index in [4.69, 9.17) is 0 Å². The van der Waals surface area contributed by atoms with Gasteiger partial charge < -0.3 is 4.98 Å². The van der Waals surface area contributed by atoms with Crippen LogP contribution < -0.4 is 0 Å². The van der Waals surface area contributed by atoms with Gasteiger partial charge in [0.1, 0.15) is 0 Å². The first-order chi connectivity index (χ1) is 9.83. The Morgan fingerprint density at radius 3 is 2.85 bits per heavy atom. The van der Waals surface area contributed by atoms with Crippen LogP contribution in [0.25, 0.3) is 10.9 Å². The molecule has 0 spiro atoms. The van der Waals surface area contributed by atoms with Gasteiger partial charge in [-0.1, -0.05) is 30.4 Å². The molecule has 0 saturated heterocycles. The van der Waals surface area contributed by atoms with Gasteiger partial charge in [0.15, 0.2) is 5.78 Å². The Kier molecular flexibility index (Phi) is 2.74. The Balaban J connectivity index is 1.67. The van der Waals surface area contributed by atoms with Gasteiger partial charge in [0.05, 0.1) is 0 Å². The number of para-hydroxylation sites is 1. The van der Waals surface area contributed by atoms with Crippen LogP contribution in [0.4, 0.5) is 0 Å². The molecule has 3 heteroatoms. The highest BCUT2D eigenvalue weighted by Crippen LogP contribution is 2.32. The Hall–Kier alpha value is -1.87. The van der Waals surface area contributed by atoms with E-state index in [0.717, 1.165) is 54.6 Å². The lowest BCUT2D eigenvalue weighted by Crippen LogP contribution is -2.34. The van der Waals surface area contributed by atoms with Crippen LogP contribution in [-0.4, -0.2) is 35.3 Å². The molecule has 0 fully saturated rings. The zero-order valence-corrected chi connectivity index (χ0v) is 11.4. The van der Waals surface area contributed by atoms with Gasteiger partial charge in [-0.2, -0.15) is 0 Å². The molecular weight excluding hydrogens is 248 g/mol. The maximum Gasteiger partial charge on any atom is 0.169 e. The van der Waals surface area contributed by atoms with Crippen LogP contribution in [0.15, 0.2) is 36.4 Å². The fourth-order valence-electron chi connectivity index (χ4n) is 3.48. The number of H-pyrrole nitrogens is 1. The van der Waals surface area contributed by atoms with Gasteiger partial charge in [-0.3, -0.25) is 9.69 Å². The minimum atomic E-state index is 0.154. The van der Waals surface area contributed by atoms with Crippen molar-refractivity contribution in [2.75, 3.05) is 19.6 Å². The largest absolute Gasteiger partial charge is 0.358 e. The molecular formula is C17H18N2O. The van der Waals surface area contributed by atoms with E-state index in [9.17, 15) is 4.79 Å². The van der Waals surface area contributed by atoms with Crippen molar-refractivity contribution >= 4 is 16.7 Å². The van der Waals surface area contributed by atoms with Gasteiger partial charge in [0.25, 0.3) is 0 Å². The summed E-state index contributed by atoms with van der Waals surface area (Å²) < 4.78 is 0. The second-order valence-electron chi connectivity index (χ2n) is 5.81.